The number of benzene rings is 2. The average Bonchev–Trinajstić information content (AvgIpc) is 2.65. The molecule has 0 spiro atoms. The fourth-order valence-corrected chi connectivity index (χ4v) is 2.24. The minimum Gasteiger partial charge on any atom is -0.497 e. The fourth-order valence-electron chi connectivity index (χ4n) is 2.24. The first-order chi connectivity index (χ1) is 11.6. The lowest BCUT2D eigenvalue weighted by Gasteiger charge is -2.18. The van der Waals surface area contributed by atoms with Crippen LogP contribution in [-0.2, 0) is 9.53 Å². The summed E-state index contributed by atoms with van der Waals surface area (Å²) < 4.78 is 15.1. The zero-order chi connectivity index (χ0) is 17.5. The third-order valence-electron chi connectivity index (χ3n) is 3.50. The first-order valence-corrected chi connectivity index (χ1v) is 7.26. The van der Waals surface area contributed by atoms with Gasteiger partial charge in [-0.05, 0) is 23.8 Å². The fraction of sp³-hybridized carbons (Fsp3) is 0.222. The molecule has 0 fully saturated rings. The molecule has 2 aromatic rings. The van der Waals surface area contributed by atoms with Crippen LogP contribution in [0, 0.1) is 0 Å². The maximum atomic E-state index is 12.6. The van der Waals surface area contributed by atoms with Crippen LogP contribution in [0.15, 0.2) is 48.5 Å². The third kappa shape index (κ3) is 3.84. The van der Waals surface area contributed by atoms with Gasteiger partial charge in [-0.1, -0.05) is 30.3 Å². The Morgan fingerprint density at radius 2 is 1.67 bits per heavy atom. The van der Waals surface area contributed by atoms with Gasteiger partial charge in [-0.25, -0.2) is 4.79 Å². The van der Waals surface area contributed by atoms with Gasteiger partial charge in [-0.2, -0.15) is 0 Å². The highest BCUT2D eigenvalue weighted by molar-refractivity contribution is 5.99. The number of esters is 1. The van der Waals surface area contributed by atoms with Crippen LogP contribution in [-0.4, -0.2) is 33.2 Å². The van der Waals surface area contributed by atoms with Crippen LogP contribution in [0.25, 0.3) is 0 Å². The largest absolute Gasteiger partial charge is 0.497 e. The molecule has 2 rings (SSSR count). The third-order valence-corrected chi connectivity index (χ3v) is 3.50. The molecule has 0 saturated carbocycles. The smallest absolute Gasteiger partial charge is 0.333 e. The second-order valence-corrected chi connectivity index (χ2v) is 4.91. The number of hydrogen-bond acceptors (Lipinski definition) is 5. The van der Waals surface area contributed by atoms with Crippen molar-refractivity contribution in [3.8, 4) is 11.5 Å². The maximum absolute atomic E-state index is 12.6. The van der Waals surface area contributed by atoms with E-state index in [9.17, 15) is 9.59 Å². The second kappa shape index (κ2) is 8.01. The molecule has 0 bridgehead atoms. The number of amides is 1. The lowest BCUT2D eigenvalue weighted by atomic mass is 10.1. The number of ether oxygens (including phenoxy) is 3. The summed E-state index contributed by atoms with van der Waals surface area (Å²) in [4.78, 5) is 24.7. The lowest BCUT2D eigenvalue weighted by molar-refractivity contribution is -0.143. The number of carbonyl (C=O) groups is 2. The van der Waals surface area contributed by atoms with Gasteiger partial charge in [0.05, 0.1) is 26.9 Å². The van der Waals surface area contributed by atoms with Gasteiger partial charge < -0.3 is 19.5 Å². The van der Waals surface area contributed by atoms with Crippen molar-refractivity contribution in [2.45, 2.75) is 6.04 Å². The normalized spacial score (nSPS) is 11.3. The van der Waals surface area contributed by atoms with E-state index in [2.05, 4.69) is 5.32 Å². The van der Waals surface area contributed by atoms with Gasteiger partial charge in [0.1, 0.15) is 11.5 Å². The SMILES string of the molecule is COC(=O)[C@H](NC(=O)c1cc(OC)ccc1OC)c1ccccc1. The van der Waals surface area contributed by atoms with Crippen molar-refractivity contribution in [2.75, 3.05) is 21.3 Å². The van der Waals surface area contributed by atoms with Crippen molar-refractivity contribution in [1.29, 1.82) is 0 Å². The Morgan fingerprint density at radius 1 is 0.958 bits per heavy atom. The van der Waals surface area contributed by atoms with Crippen LogP contribution in [0.5, 0.6) is 11.5 Å². The molecule has 0 unspecified atom stereocenters. The van der Waals surface area contributed by atoms with Gasteiger partial charge in [0.25, 0.3) is 5.91 Å². The molecule has 0 aliphatic carbocycles. The minimum atomic E-state index is -0.917. The highest BCUT2D eigenvalue weighted by Crippen LogP contribution is 2.25. The molecule has 126 valence electrons. The summed E-state index contributed by atoms with van der Waals surface area (Å²) in [7, 11) is 4.24. The van der Waals surface area contributed by atoms with Crippen molar-refractivity contribution in [2.24, 2.45) is 0 Å². The molecule has 0 aliphatic heterocycles. The van der Waals surface area contributed by atoms with Gasteiger partial charge in [-0.3, -0.25) is 4.79 Å². The Hall–Kier alpha value is -3.02. The summed E-state index contributed by atoms with van der Waals surface area (Å²) >= 11 is 0. The van der Waals surface area contributed by atoms with E-state index < -0.39 is 17.9 Å². The monoisotopic (exact) mass is 329 g/mol. The van der Waals surface area contributed by atoms with E-state index in [-0.39, 0.29) is 5.56 Å². The molecule has 1 N–H and O–H groups in total. The van der Waals surface area contributed by atoms with Gasteiger partial charge in [-0.15, -0.1) is 0 Å². The molecule has 0 aromatic heterocycles. The van der Waals surface area contributed by atoms with E-state index in [1.54, 1.807) is 42.5 Å². The summed E-state index contributed by atoms with van der Waals surface area (Å²) in [6.07, 6.45) is 0. The molecule has 1 amide bonds. The Labute approximate surface area is 140 Å². The van der Waals surface area contributed by atoms with Crippen LogP contribution >= 0.6 is 0 Å². The molecule has 0 heterocycles. The number of rotatable bonds is 6. The van der Waals surface area contributed by atoms with E-state index in [1.165, 1.54) is 21.3 Å². The zero-order valence-corrected chi connectivity index (χ0v) is 13.7. The minimum absolute atomic E-state index is 0.265. The summed E-state index contributed by atoms with van der Waals surface area (Å²) in [5, 5.41) is 2.68. The van der Waals surface area contributed by atoms with E-state index in [1.807, 2.05) is 6.07 Å². The van der Waals surface area contributed by atoms with Gasteiger partial charge in [0, 0.05) is 0 Å². The van der Waals surface area contributed by atoms with E-state index in [0.29, 0.717) is 17.1 Å². The van der Waals surface area contributed by atoms with Gasteiger partial charge in [0.15, 0.2) is 6.04 Å². The highest BCUT2D eigenvalue weighted by atomic mass is 16.5. The average molecular weight is 329 g/mol. The lowest BCUT2D eigenvalue weighted by Crippen LogP contribution is -2.34. The summed E-state index contributed by atoms with van der Waals surface area (Å²) in [5.41, 5.74) is 0.890. The number of hydrogen-bond donors (Lipinski definition) is 1. The van der Waals surface area contributed by atoms with Crippen LogP contribution in [0.2, 0.25) is 0 Å². The topological polar surface area (TPSA) is 73.9 Å². The molecular weight excluding hydrogens is 310 g/mol. The highest BCUT2D eigenvalue weighted by Gasteiger charge is 2.25. The van der Waals surface area contributed by atoms with E-state index in [4.69, 9.17) is 14.2 Å². The predicted octanol–water partition coefficient (Wildman–Crippen LogP) is 2.35. The molecule has 24 heavy (non-hydrogen) atoms. The van der Waals surface area contributed by atoms with E-state index in [0.717, 1.165) is 0 Å². The van der Waals surface area contributed by atoms with Crippen molar-refractivity contribution < 1.29 is 23.8 Å². The van der Waals surface area contributed by atoms with Crippen LogP contribution in [0.3, 0.4) is 0 Å². The predicted molar refractivity (Wildman–Crippen MR) is 88.2 cm³/mol. The second-order valence-electron chi connectivity index (χ2n) is 4.91. The summed E-state index contributed by atoms with van der Waals surface area (Å²) in [6, 6.07) is 12.8. The molecule has 0 radical (unpaired) electrons. The standard InChI is InChI=1S/C18H19NO5/c1-22-13-9-10-15(23-2)14(11-13)17(20)19-16(18(21)24-3)12-7-5-4-6-8-12/h4-11,16H,1-3H3,(H,19,20)/t16-/m1/s1. The Morgan fingerprint density at radius 3 is 2.25 bits per heavy atom. The molecule has 2 aromatic carbocycles. The van der Waals surface area contributed by atoms with Crippen molar-refractivity contribution in [3.63, 3.8) is 0 Å². The first-order valence-electron chi connectivity index (χ1n) is 7.26. The molecule has 0 saturated heterocycles. The molecule has 6 heteroatoms. The quantitative estimate of drug-likeness (QED) is 0.824. The van der Waals surface area contributed by atoms with Crippen LogP contribution in [0.4, 0.5) is 0 Å². The Bertz CT molecular complexity index is 715. The van der Waals surface area contributed by atoms with Crippen LogP contribution in [0.1, 0.15) is 22.0 Å². The molecule has 0 aliphatic rings. The van der Waals surface area contributed by atoms with E-state index >= 15 is 0 Å². The van der Waals surface area contributed by atoms with Crippen molar-refractivity contribution in [3.05, 3.63) is 59.7 Å². The number of carbonyl (C=O) groups excluding carboxylic acids is 2. The first kappa shape index (κ1) is 17.3. The van der Waals surface area contributed by atoms with Crippen molar-refractivity contribution in [1.82, 2.24) is 5.32 Å². The zero-order valence-electron chi connectivity index (χ0n) is 13.7. The molecular formula is C18H19NO5. The Balaban J connectivity index is 2.33. The van der Waals surface area contributed by atoms with Gasteiger partial charge >= 0.3 is 5.97 Å². The van der Waals surface area contributed by atoms with Gasteiger partial charge in [0.2, 0.25) is 0 Å². The Kier molecular flexibility index (Phi) is 5.78. The molecule has 6 nitrogen and oxygen atoms in total. The van der Waals surface area contributed by atoms with Crippen molar-refractivity contribution >= 4 is 11.9 Å². The number of methoxy groups -OCH3 is 3. The summed E-state index contributed by atoms with van der Waals surface area (Å²) in [6.45, 7) is 0. The summed E-state index contributed by atoms with van der Waals surface area (Å²) in [5.74, 6) is -0.137. The van der Waals surface area contributed by atoms with Crippen LogP contribution < -0.4 is 14.8 Å². The molecule has 1 atom stereocenters. The maximum Gasteiger partial charge on any atom is 0.333 e. The number of nitrogens with one attached hydrogen (secondary N) is 1.